The number of carbonyl (C=O) groups is 1. The fourth-order valence-corrected chi connectivity index (χ4v) is 4.97. The molecular formula is C17H20FNO4S. The molecule has 7 heteroatoms. The third-order valence-electron chi connectivity index (χ3n) is 4.47. The Bertz CT molecular complexity index is 887. The number of carbonyl (C=O) groups excluding carboxylic acids is 1. The van der Waals surface area contributed by atoms with E-state index in [-0.39, 0.29) is 29.2 Å². The lowest BCUT2D eigenvalue weighted by Crippen LogP contribution is -2.41. The van der Waals surface area contributed by atoms with Gasteiger partial charge in [0.2, 0.25) is 0 Å². The van der Waals surface area contributed by atoms with E-state index in [1.165, 1.54) is 18.2 Å². The Morgan fingerprint density at radius 2 is 2.17 bits per heavy atom. The van der Waals surface area contributed by atoms with Crippen LogP contribution < -0.4 is 0 Å². The molecule has 5 nitrogen and oxygen atoms in total. The number of benzene rings is 1. The van der Waals surface area contributed by atoms with Crippen LogP contribution in [0.15, 0.2) is 22.6 Å². The summed E-state index contributed by atoms with van der Waals surface area (Å²) in [4.78, 5) is 14.5. The number of hydrogen-bond acceptors (Lipinski definition) is 4. The molecule has 0 saturated carbocycles. The van der Waals surface area contributed by atoms with Gasteiger partial charge in [-0.3, -0.25) is 4.79 Å². The van der Waals surface area contributed by atoms with Gasteiger partial charge in [0.25, 0.3) is 5.91 Å². The van der Waals surface area contributed by atoms with Crippen molar-refractivity contribution < 1.29 is 22.0 Å². The molecule has 130 valence electrons. The molecule has 3 rings (SSSR count). The lowest BCUT2D eigenvalue weighted by Gasteiger charge is -2.27. The van der Waals surface area contributed by atoms with Gasteiger partial charge in [-0.1, -0.05) is 6.92 Å². The zero-order valence-electron chi connectivity index (χ0n) is 13.7. The largest absolute Gasteiger partial charge is 0.451 e. The summed E-state index contributed by atoms with van der Waals surface area (Å²) in [5.74, 6) is -0.457. The molecule has 1 aromatic heterocycles. The SMILES string of the molecule is CCCN(C(=O)c1oc2ccc(F)cc2c1C)C1CCS(=O)(=O)C1. The monoisotopic (exact) mass is 353 g/mol. The molecule has 1 aliphatic rings. The molecule has 1 saturated heterocycles. The lowest BCUT2D eigenvalue weighted by molar-refractivity contribution is 0.0666. The van der Waals surface area contributed by atoms with Crippen molar-refractivity contribution in [3.05, 3.63) is 35.3 Å². The molecule has 24 heavy (non-hydrogen) atoms. The van der Waals surface area contributed by atoms with Crippen LogP contribution in [0.25, 0.3) is 11.0 Å². The van der Waals surface area contributed by atoms with Crippen LogP contribution in [0.5, 0.6) is 0 Å². The van der Waals surface area contributed by atoms with Crippen LogP contribution in [0.3, 0.4) is 0 Å². The van der Waals surface area contributed by atoms with Gasteiger partial charge in [0, 0.05) is 23.5 Å². The van der Waals surface area contributed by atoms with Crippen molar-refractivity contribution in [3.8, 4) is 0 Å². The number of amides is 1. The summed E-state index contributed by atoms with van der Waals surface area (Å²) in [5, 5.41) is 0.564. The second-order valence-corrected chi connectivity index (χ2v) is 8.48. The average molecular weight is 353 g/mol. The summed E-state index contributed by atoms with van der Waals surface area (Å²) in [6, 6.07) is 3.80. The van der Waals surface area contributed by atoms with Gasteiger partial charge < -0.3 is 9.32 Å². The van der Waals surface area contributed by atoms with E-state index in [1.54, 1.807) is 11.8 Å². The predicted molar refractivity (Wildman–Crippen MR) is 89.3 cm³/mol. The van der Waals surface area contributed by atoms with Gasteiger partial charge in [-0.25, -0.2) is 12.8 Å². The first-order chi connectivity index (χ1) is 11.3. The normalized spacial score (nSPS) is 19.7. The minimum absolute atomic E-state index is 0.00730. The van der Waals surface area contributed by atoms with Gasteiger partial charge >= 0.3 is 0 Å². The Hall–Kier alpha value is -1.89. The maximum Gasteiger partial charge on any atom is 0.290 e. The highest BCUT2D eigenvalue weighted by molar-refractivity contribution is 7.91. The molecular weight excluding hydrogens is 333 g/mol. The summed E-state index contributed by atoms with van der Waals surface area (Å²) in [6.45, 7) is 4.11. The van der Waals surface area contributed by atoms with Crippen LogP contribution in [-0.4, -0.2) is 43.3 Å². The number of halogens is 1. The lowest BCUT2D eigenvalue weighted by atomic mass is 10.1. The number of rotatable bonds is 4. The maximum atomic E-state index is 13.4. The van der Waals surface area contributed by atoms with Crippen molar-refractivity contribution in [1.29, 1.82) is 0 Å². The standard InChI is InChI=1S/C17H20FNO4S/c1-3-7-19(13-6-8-24(21,22)10-13)17(20)16-11(2)14-9-12(18)4-5-15(14)23-16/h4-5,9,13H,3,6-8,10H2,1-2H3. The number of fused-ring (bicyclic) bond motifs is 1. The molecule has 0 radical (unpaired) electrons. The minimum Gasteiger partial charge on any atom is -0.451 e. The zero-order chi connectivity index (χ0) is 17.5. The fraction of sp³-hybridized carbons (Fsp3) is 0.471. The van der Waals surface area contributed by atoms with Crippen LogP contribution in [-0.2, 0) is 9.84 Å². The highest BCUT2D eigenvalue weighted by atomic mass is 32.2. The number of hydrogen-bond donors (Lipinski definition) is 0. The third kappa shape index (κ3) is 3.05. The van der Waals surface area contributed by atoms with Crippen LogP contribution in [0, 0.1) is 12.7 Å². The maximum absolute atomic E-state index is 13.4. The quantitative estimate of drug-likeness (QED) is 0.848. The Kier molecular flexibility index (Phi) is 4.38. The predicted octanol–water partition coefficient (Wildman–Crippen LogP) is 2.92. The minimum atomic E-state index is -3.09. The molecule has 1 fully saturated rings. The summed E-state index contributed by atoms with van der Waals surface area (Å²) in [5.41, 5.74) is 1.03. The highest BCUT2D eigenvalue weighted by Gasteiger charge is 2.36. The van der Waals surface area contributed by atoms with E-state index in [1.807, 2.05) is 6.92 Å². The Balaban J connectivity index is 1.97. The first-order valence-electron chi connectivity index (χ1n) is 8.02. The van der Waals surface area contributed by atoms with Gasteiger partial charge in [-0.15, -0.1) is 0 Å². The van der Waals surface area contributed by atoms with Crippen molar-refractivity contribution in [1.82, 2.24) is 4.90 Å². The highest BCUT2D eigenvalue weighted by Crippen LogP contribution is 2.28. The van der Waals surface area contributed by atoms with Gasteiger partial charge in [-0.05, 0) is 38.0 Å². The summed E-state index contributed by atoms with van der Waals surface area (Å²) < 4.78 is 42.6. The van der Waals surface area contributed by atoms with E-state index in [4.69, 9.17) is 4.42 Å². The van der Waals surface area contributed by atoms with Crippen molar-refractivity contribution in [2.45, 2.75) is 32.7 Å². The molecule has 1 aliphatic heterocycles. The first-order valence-corrected chi connectivity index (χ1v) is 9.84. The molecule has 1 atom stereocenters. The Morgan fingerprint density at radius 1 is 1.42 bits per heavy atom. The van der Waals surface area contributed by atoms with Crippen molar-refractivity contribution >= 4 is 26.7 Å². The van der Waals surface area contributed by atoms with Gasteiger partial charge in [-0.2, -0.15) is 0 Å². The number of aryl methyl sites for hydroxylation is 1. The van der Waals surface area contributed by atoms with Crippen molar-refractivity contribution in [2.24, 2.45) is 0 Å². The first kappa shape index (κ1) is 17.0. The van der Waals surface area contributed by atoms with Crippen LogP contribution in [0.4, 0.5) is 4.39 Å². The van der Waals surface area contributed by atoms with Gasteiger partial charge in [0.15, 0.2) is 15.6 Å². The van der Waals surface area contributed by atoms with Crippen molar-refractivity contribution in [3.63, 3.8) is 0 Å². The fourth-order valence-electron chi connectivity index (χ4n) is 3.24. The topological polar surface area (TPSA) is 67.6 Å². The third-order valence-corrected chi connectivity index (χ3v) is 6.22. The number of furan rings is 1. The van der Waals surface area contributed by atoms with E-state index < -0.39 is 15.7 Å². The molecule has 0 aliphatic carbocycles. The molecule has 1 unspecified atom stereocenters. The number of nitrogens with zero attached hydrogens (tertiary/aromatic N) is 1. The van der Waals surface area contributed by atoms with Gasteiger partial charge in [0.05, 0.1) is 11.5 Å². The van der Waals surface area contributed by atoms with Crippen LogP contribution in [0.1, 0.15) is 35.9 Å². The molecule has 2 aromatic rings. The zero-order valence-corrected chi connectivity index (χ0v) is 14.5. The molecule has 0 N–H and O–H groups in total. The summed E-state index contributed by atoms with van der Waals surface area (Å²) in [7, 11) is -3.09. The molecule has 0 bridgehead atoms. The summed E-state index contributed by atoms with van der Waals surface area (Å²) >= 11 is 0. The van der Waals surface area contributed by atoms with E-state index >= 15 is 0 Å². The van der Waals surface area contributed by atoms with Crippen LogP contribution in [0.2, 0.25) is 0 Å². The molecule has 1 amide bonds. The van der Waals surface area contributed by atoms with E-state index in [0.717, 1.165) is 6.42 Å². The summed E-state index contributed by atoms with van der Waals surface area (Å²) in [6.07, 6.45) is 1.16. The van der Waals surface area contributed by atoms with Crippen molar-refractivity contribution in [2.75, 3.05) is 18.1 Å². The van der Waals surface area contributed by atoms with E-state index in [2.05, 4.69) is 0 Å². The molecule has 2 heterocycles. The smallest absolute Gasteiger partial charge is 0.290 e. The second-order valence-electron chi connectivity index (χ2n) is 6.25. The van der Waals surface area contributed by atoms with Crippen LogP contribution >= 0.6 is 0 Å². The average Bonchev–Trinajstić information content (AvgIpc) is 3.04. The second kappa shape index (κ2) is 6.20. The van der Waals surface area contributed by atoms with Gasteiger partial charge in [0.1, 0.15) is 11.4 Å². The Labute approximate surface area is 140 Å². The molecule has 1 aromatic carbocycles. The van der Waals surface area contributed by atoms with E-state index in [9.17, 15) is 17.6 Å². The van der Waals surface area contributed by atoms with E-state index in [0.29, 0.717) is 29.5 Å². The number of sulfone groups is 1. The Morgan fingerprint density at radius 3 is 2.79 bits per heavy atom. The molecule has 0 spiro atoms.